The van der Waals surface area contributed by atoms with Gasteiger partial charge in [0.25, 0.3) is 0 Å². The number of hydrogen-bond acceptors (Lipinski definition) is 34. The average Bonchev–Trinajstić information content (AvgIpc) is 0.764. The highest BCUT2D eigenvalue weighted by atomic mass is 16.8. The molecule has 7 fully saturated rings. The fraction of sp³-hybridized carbons (Fsp3) is 0.967. The van der Waals surface area contributed by atoms with E-state index in [-0.39, 0.29) is 6.61 Å². The van der Waals surface area contributed by atoms with E-state index in [1.807, 2.05) is 0 Å². The normalized spacial score (nSPS) is 45.6. The summed E-state index contributed by atoms with van der Waals surface area (Å²) < 4.78 is 84.9. The summed E-state index contributed by atoms with van der Waals surface area (Å²) in [5, 5.41) is 204. The molecule has 7 aliphatic rings. The number of carbonyl (C=O) groups is 2. The summed E-state index contributed by atoms with van der Waals surface area (Å²) in [7, 11) is 0. The molecule has 7 saturated heterocycles. The lowest BCUT2D eigenvalue weighted by Gasteiger charge is -2.52. The highest BCUT2D eigenvalue weighted by molar-refractivity contribution is 5.73. The maximum Gasteiger partial charge on any atom is 0.217 e. The minimum Gasteiger partial charge on any atom is -0.394 e. The summed E-state index contributed by atoms with van der Waals surface area (Å²) in [6.07, 6.45) is -49.2. The lowest BCUT2D eigenvalue weighted by Crippen LogP contribution is -2.72. The van der Waals surface area contributed by atoms with E-state index in [2.05, 4.69) is 17.6 Å². The van der Waals surface area contributed by atoms with E-state index in [9.17, 15) is 102 Å². The number of amides is 2. The Morgan fingerprint density at radius 3 is 0.979 bits per heavy atom. The van der Waals surface area contributed by atoms with Crippen molar-refractivity contribution in [1.29, 1.82) is 0 Å². The van der Waals surface area contributed by atoms with Crippen LogP contribution < -0.4 is 10.6 Å². The van der Waals surface area contributed by atoms with Crippen molar-refractivity contribution >= 4 is 11.8 Å². The summed E-state index contributed by atoms with van der Waals surface area (Å²) in [5.41, 5.74) is 0. The van der Waals surface area contributed by atoms with Crippen LogP contribution in [0.15, 0.2) is 0 Å². The van der Waals surface area contributed by atoms with Gasteiger partial charge in [-0.1, -0.05) is 77.6 Å². The second kappa shape index (κ2) is 38.3. The van der Waals surface area contributed by atoms with Crippen LogP contribution in [0.4, 0.5) is 0 Å². The van der Waals surface area contributed by atoms with E-state index in [0.717, 1.165) is 46.0 Å². The third-order valence-electron chi connectivity index (χ3n) is 18.5. The van der Waals surface area contributed by atoms with Gasteiger partial charge in [0.1, 0.15) is 159 Å². The van der Waals surface area contributed by atoms with Gasteiger partial charge in [-0.05, 0) is 20.3 Å². The Labute approximate surface area is 555 Å². The van der Waals surface area contributed by atoms with Crippen molar-refractivity contribution in [1.82, 2.24) is 10.6 Å². The van der Waals surface area contributed by atoms with Crippen molar-refractivity contribution in [3.8, 4) is 0 Å². The summed E-state index contributed by atoms with van der Waals surface area (Å²) in [4.78, 5) is 26.6. The molecular formula is C60H106N2O34. The number of aliphatic hydroxyl groups is 18. The molecule has 0 aromatic carbocycles. The first-order chi connectivity index (χ1) is 45.7. The molecule has 35 atom stereocenters. The lowest BCUT2D eigenvalue weighted by molar-refractivity contribution is -0.398. The van der Waals surface area contributed by atoms with Gasteiger partial charge in [-0.2, -0.15) is 0 Å². The maximum absolute atomic E-state index is 13.4. The Morgan fingerprint density at radius 1 is 0.312 bits per heavy atom. The van der Waals surface area contributed by atoms with Gasteiger partial charge in [-0.25, -0.2) is 0 Å². The van der Waals surface area contributed by atoms with Crippen LogP contribution in [0.1, 0.15) is 112 Å². The van der Waals surface area contributed by atoms with Crippen molar-refractivity contribution in [3.63, 3.8) is 0 Å². The zero-order chi connectivity index (χ0) is 70.4. The molecule has 0 aliphatic carbocycles. The molecule has 7 rings (SSSR count). The Kier molecular flexibility index (Phi) is 32.3. The fourth-order valence-electron chi connectivity index (χ4n) is 12.9. The maximum atomic E-state index is 13.4. The first-order valence-electron chi connectivity index (χ1n) is 33.3. The van der Waals surface area contributed by atoms with Crippen LogP contribution in [0.5, 0.6) is 0 Å². The number of aliphatic hydroxyl groups excluding tert-OH is 18. The quantitative estimate of drug-likeness (QED) is 0.0271. The Hall–Kier alpha value is -2.34. The van der Waals surface area contributed by atoms with E-state index in [0.29, 0.717) is 6.42 Å². The van der Waals surface area contributed by atoms with Crippen molar-refractivity contribution < 1.29 is 168 Å². The highest BCUT2D eigenvalue weighted by Crippen LogP contribution is 2.40. The van der Waals surface area contributed by atoms with E-state index in [4.69, 9.17) is 66.3 Å². The lowest BCUT2D eigenvalue weighted by atomic mass is 9.93. The first-order valence-corrected chi connectivity index (χ1v) is 33.3. The van der Waals surface area contributed by atoms with Crippen molar-refractivity contribution in [3.05, 3.63) is 0 Å². The minimum absolute atomic E-state index is 0.0814. The smallest absolute Gasteiger partial charge is 0.217 e. The molecule has 0 unspecified atom stereocenters. The minimum atomic E-state index is -2.35. The largest absolute Gasteiger partial charge is 0.394 e. The van der Waals surface area contributed by atoms with Gasteiger partial charge in [0.15, 0.2) is 44.0 Å². The molecule has 0 spiro atoms. The molecular weight excluding hydrogens is 1290 g/mol. The van der Waals surface area contributed by atoms with Gasteiger partial charge < -0.3 is 169 Å². The summed E-state index contributed by atoms with van der Waals surface area (Å²) in [6.45, 7) is 1.88. The van der Waals surface area contributed by atoms with Gasteiger partial charge in [0.2, 0.25) is 11.8 Å². The molecule has 0 aromatic heterocycles. The molecule has 7 heterocycles. The fourth-order valence-corrected chi connectivity index (χ4v) is 12.9. The van der Waals surface area contributed by atoms with Gasteiger partial charge in [0.05, 0.1) is 45.2 Å². The number of unbranched alkanes of at least 4 members (excludes halogenated alkanes) is 11. The molecule has 0 bridgehead atoms. The van der Waals surface area contributed by atoms with E-state index in [1.165, 1.54) is 52.4 Å². The molecule has 2 amide bonds. The molecule has 36 heteroatoms. The standard InChI is InChI=1S/C60H106N2O34/c1-6-7-8-9-10-11-12-13-14-15-16-17-18-83-56-46(81)52(38(73)29(20-64)86-56)95-54-34(62-27(5)69)51(94-58-44(79)41(76)36(71)25(3)85-58)49(32(23-67)90-54)92-60-47(82)53(39(74)30(21-65)88-60)96-55-33(61-26(4)68)50(93-57-43(78)40(75)35(70)24(2)84-57)48(31(22-66)89-55)91-59-45(80)42(77)37(72)28(19-63)87-59/h24-25,28-60,63-67,70-82H,6-23H2,1-5H3,(H,61,68)(H,62,69)/t24-,25-,28+,29+,30+,31+,32+,33+,34+,35+,36+,37-,38-,39-,40+,41+,42-,43-,44-,45+,46+,47+,48+,49+,50+,51+,52-,53-,54-,55-,56+,57-,58-,59-,60-/m0/s1. The Balaban J connectivity index is 1.17. The Morgan fingerprint density at radius 2 is 0.604 bits per heavy atom. The van der Waals surface area contributed by atoms with Gasteiger partial charge in [-0.3, -0.25) is 9.59 Å². The second-order valence-electron chi connectivity index (χ2n) is 25.7. The zero-order valence-corrected chi connectivity index (χ0v) is 54.5. The predicted molar refractivity (Wildman–Crippen MR) is 317 cm³/mol. The summed E-state index contributed by atoms with van der Waals surface area (Å²) >= 11 is 0. The molecule has 0 aromatic rings. The Bertz CT molecular complexity index is 2280. The number of carbonyl (C=O) groups excluding carboxylic acids is 2. The average molecular weight is 1400 g/mol. The van der Waals surface area contributed by atoms with Crippen molar-refractivity contribution in [2.45, 2.75) is 326 Å². The van der Waals surface area contributed by atoms with Gasteiger partial charge in [0, 0.05) is 20.5 Å². The monoisotopic (exact) mass is 1400 g/mol. The molecule has 560 valence electrons. The molecule has 0 radical (unpaired) electrons. The molecule has 0 saturated carbocycles. The summed E-state index contributed by atoms with van der Waals surface area (Å²) in [5.74, 6) is -1.75. The number of nitrogens with one attached hydrogen (secondary N) is 2. The number of hydrogen-bond donors (Lipinski definition) is 20. The number of rotatable bonds is 33. The predicted octanol–water partition coefficient (Wildman–Crippen LogP) is -8.21. The van der Waals surface area contributed by atoms with E-state index in [1.54, 1.807) is 0 Å². The van der Waals surface area contributed by atoms with Crippen LogP contribution >= 0.6 is 0 Å². The van der Waals surface area contributed by atoms with Crippen LogP contribution in [0, 0.1) is 0 Å². The number of ether oxygens (including phenoxy) is 14. The second-order valence-corrected chi connectivity index (χ2v) is 25.7. The molecule has 20 N–H and O–H groups in total. The SMILES string of the molecule is CCCCCCCCCCCCCCO[C@@H]1O[C@H](CO)[C@H](O)[C@H](O[C@@H]2O[C@H](CO)[C@@H](O[C@@H]3O[C@H](CO)[C@H](O)[C@H](O[C@@H]4O[C@H](CO)[C@@H](O[C@@H]5O[C@H](CO)[C@H](O)[C@H](O)[C@H]5O)[C@H](O[C@@H]5O[C@@H](C)[C@@H](O)[C@@H](O)[C@@H]5O)[C@H]4NC(C)=O)[C@H]3O)[C@H](O[C@@H]3O[C@@H](C)[C@@H](O)[C@@H](O)[C@@H]3O)[C@H]2NC(C)=O)[C@H]1O. The van der Waals surface area contributed by atoms with Crippen LogP contribution in [-0.2, 0) is 75.9 Å². The van der Waals surface area contributed by atoms with Crippen LogP contribution in [-0.4, -0.2) is 358 Å². The van der Waals surface area contributed by atoms with Gasteiger partial charge in [-0.15, -0.1) is 0 Å². The third-order valence-corrected chi connectivity index (χ3v) is 18.5. The van der Waals surface area contributed by atoms with Crippen molar-refractivity contribution in [2.24, 2.45) is 0 Å². The summed E-state index contributed by atoms with van der Waals surface area (Å²) in [6, 6.07) is -3.67. The van der Waals surface area contributed by atoms with E-state index < -0.39 is 260 Å². The molecule has 36 nitrogen and oxygen atoms in total. The van der Waals surface area contributed by atoms with Crippen LogP contribution in [0.25, 0.3) is 0 Å². The third kappa shape index (κ3) is 19.9. The highest BCUT2D eigenvalue weighted by Gasteiger charge is 2.60. The van der Waals surface area contributed by atoms with Crippen LogP contribution in [0.3, 0.4) is 0 Å². The zero-order valence-electron chi connectivity index (χ0n) is 54.5. The molecule has 96 heavy (non-hydrogen) atoms. The molecule has 7 aliphatic heterocycles. The van der Waals surface area contributed by atoms with Crippen molar-refractivity contribution in [2.75, 3.05) is 39.6 Å². The van der Waals surface area contributed by atoms with E-state index >= 15 is 0 Å². The topological polar surface area (TPSA) is 552 Å². The first kappa shape index (κ1) is 81.0. The van der Waals surface area contributed by atoms with Crippen LogP contribution in [0.2, 0.25) is 0 Å². The van der Waals surface area contributed by atoms with Gasteiger partial charge >= 0.3 is 0 Å².